The fourth-order valence-electron chi connectivity index (χ4n) is 3.07. The van der Waals surface area contributed by atoms with Gasteiger partial charge in [-0.3, -0.25) is 13.6 Å². The molecule has 4 aromatic rings. The minimum absolute atomic E-state index is 0.200. The lowest BCUT2D eigenvalue weighted by Crippen LogP contribution is -2.22. The quantitative estimate of drug-likeness (QED) is 0.357. The second-order valence-corrected chi connectivity index (χ2v) is 8.22. The maximum Gasteiger partial charge on any atom is 0.274 e. The van der Waals surface area contributed by atoms with Gasteiger partial charge in [-0.05, 0) is 33.6 Å². The van der Waals surface area contributed by atoms with Crippen molar-refractivity contribution < 1.29 is 4.79 Å². The Kier molecular flexibility index (Phi) is 4.43. The Hall–Kier alpha value is -1.66. The number of nitrogens with zero attached hydrogens (tertiary/aromatic N) is 5. The molecule has 7 nitrogen and oxygen atoms in total. The molecule has 0 N–H and O–H groups in total. The summed E-state index contributed by atoms with van der Waals surface area (Å²) in [7, 11) is 3.08. The third-order valence-corrected chi connectivity index (χ3v) is 6.25. The van der Waals surface area contributed by atoms with Crippen LogP contribution in [0.3, 0.4) is 0 Å². The van der Waals surface area contributed by atoms with Crippen molar-refractivity contribution in [2.75, 3.05) is 0 Å². The molecule has 0 fully saturated rings. The number of carbonyl (C=O) groups excluding carboxylic acids is 1. The van der Waals surface area contributed by atoms with Crippen molar-refractivity contribution in [2.24, 2.45) is 7.05 Å². The Morgan fingerprint density at radius 3 is 2.81 bits per heavy atom. The molecule has 26 heavy (non-hydrogen) atoms. The average molecular weight is 544 g/mol. The smallest absolute Gasteiger partial charge is 0.273 e. The van der Waals surface area contributed by atoms with Crippen molar-refractivity contribution in [1.82, 2.24) is 23.3 Å². The lowest BCUT2D eigenvalue weighted by Gasteiger charge is -2.04. The SMILES string of the molecule is CC(=O)n1c2cc(-c3cn(SI)c4ncc(Br)nc34)ccc2c(=O)n1C. The molecule has 0 amide bonds. The number of fused-ring (bicyclic) bond motifs is 2. The van der Waals surface area contributed by atoms with Gasteiger partial charge in [-0.25, -0.2) is 19.3 Å². The third-order valence-electron chi connectivity index (χ3n) is 4.17. The predicted molar refractivity (Wildman–Crippen MR) is 115 cm³/mol. The predicted octanol–water partition coefficient (Wildman–Crippen LogP) is 4.02. The lowest BCUT2D eigenvalue weighted by atomic mass is 10.1. The summed E-state index contributed by atoms with van der Waals surface area (Å²) in [6.45, 7) is 1.44. The van der Waals surface area contributed by atoms with Gasteiger partial charge in [0, 0.05) is 56.1 Å². The van der Waals surface area contributed by atoms with E-state index in [0.29, 0.717) is 15.5 Å². The number of benzene rings is 1. The molecule has 0 spiro atoms. The molecule has 1 aromatic carbocycles. The number of carbonyl (C=O) groups is 1. The van der Waals surface area contributed by atoms with Gasteiger partial charge >= 0.3 is 0 Å². The van der Waals surface area contributed by atoms with E-state index in [4.69, 9.17) is 0 Å². The maximum atomic E-state index is 12.4. The maximum absolute atomic E-state index is 12.4. The molecule has 0 saturated carbocycles. The molecule has 0 aliphatic carbocycles. The van der Waals surface area contributed by atoms with E-state index < -0.39 is 0 Å². The van der Waals surface area contributed by atoms with E-state index in [1.165, 1.54) is 25.4 Å². The van der Waals surface area contributed by atoms with Gasteiger partial charge in [0.1, 0.15) is 10.1 Å². The highest BCUT2D eigenvalue weighted by Crippen LogP contribution is 2.34. The second-order valence-electron chi connectivity index (χ2n) is 5.69. The van der Waals surface area contributed by atoms with Crippen molar-refractivity contribution in [3.05, 3.63) is 45.5 Å². The summed E-state index contributed by atoms with van der Waals surface area (Å²) in [4.78, 5) is 33.4. The monoisotopic (exact) mass is 543 g/mol. The molecule has 0 atom stereocenters. The highest BCUT2D eigenvalue weighted by Gasteiger charge is 2.18. The molecule has 4 rings (SSSR count). The number of hydrogen-bond donors (Lipinski definition) is 0. The van der Waals surface area contributed by atoms with E-state index in [1.54, 1.807) is 19.3 Å². The molecule has 0 aliphatic rings. The second kappa shape index (κ2) is 6.50. The van der Waals surface area contributed by atoms with Crippen molar-refractivity contribution in [3.63, 3.8) is 0 Å². The van der Waals surface area contributed by atoms with Crippen LogP contribution in [0.5, 0.6) is 0 Å². The van der Waals surface area contributed by atoms with Crippen LogP contribution in [0.25, 0.3) is 33.2 Å². The van der Waals surface area contributed by atoms with Gasteiger partial charge in [-0.15, -0.1) is 0 Å². The highest BCUT2D eigenvalue weighted by molar-refractivity contribution is 14.2. The zero-order chi connectivity index (χ0) is 18.6. The van der Waals surface area contributed by atoms with Crippen LogP contribution in [0.1, 0.15) is 11.7 Å². The first-order chi connectivity index (χ1) is 12.4. The zero-order valence-electron chi connectivity index (χ0n) is 13.6. The summed E-state index contributed by atoms with van der Waals surface area (Å²) in [6, 6.07) is 5.46. The third kappa shape index (κ3) is 2.62. The number of rotatable bonds is 2. The van der Waals surface area contributed by atoms with E-state index in [0.717, 1.165) is 22.3 Å². The lowest BCUT2D eigenvalue weighted by molar-refractivity contribution is 0.0912. The van der Waals surface area contributed by atoms with Gasteiger partial charge < -0.3 is 0 Å². The summed E-state index contributed by atoms with van der Waals surface area (Å²) in [6.07, 6.45) is 3.61. The van der Waals surface area contributed by atoms with Crippen LogP contribution >= 0.6 is 46.3 Å². The van der Waals surface area contributed by atoms with Crippen molar-refractivity contribution >= 4 is 74.2 Å². The minimum Gasteiger partial charge on any atom is -0.273 e. The molecule has 3 heterocycles. The first-order valence-corrected chi connectivity index (χ1v) is 11.6. The zero-order valence-corrected chi connectivity index (χ0v) is 18.2. The Morgan fingerprint density at radius 1 is 1.35 bits per heavy atom. The van der Waals surface area contributed by atoms with Crippen LogP contribution in [-0.2, 0) is 7.05 Å². The normalized spacial score (nSPS) is 11.5. The molecule has 132 valence electrons. The fourth-order valence-corrected chi connectivity index (χ4v) is 4.59. The summed E-state index contributed by atoms with van der Waals surface area (Å²) in [5.41, 5.74) is 3.62. The molecule has 3 aromatic heterocycles. The minimum atomic E-state index is -0.218. The summed E-state index contributed by atoms with van der Waals surface area (Å²) in [5.74, 6) is -0.218. The Labute approximate surface area is 172 Å². The van der Waals surface area contributed by atoms with Gasteiger partial charge in [-0.2, -0.15) is 0 Å². The van der Waals surface area contributed by atoms with Gasteiger partial charge in [0.15, 0.2) is 5.65 Å². The van der Waals surface area contributed by atoms with Crippen molar-refractivity contribution in [3.8, 4) is 11.1 Å². The largest absolute Gasteiger partial charge is 0.274 e. The van der Waals surface area contributed by atoms with Gasteiger partial charge in [0.25, 0.3) is 5.56 Å². The average Bonchev–Trinajstić information content (AvgIpc) is 3.09. The summed E-state index contributed by atoms with van der Waals surface area (Å²) < 4.78 is 5.29. The van der Waals surface area contributed by atoms with E-state index in [1.807, 2.05) is 22.3 Å². The molecule has 0 radical (unpaired) electrons. The van der Waals surface area contributed by atoms with Crippen LogP contribution < -0.4 is 5.56 Å². The first-order valence-electron chi connectivity index (χ1n) is 7.48. The van der Waals surface area contributed by atoms with E-state index >= 15 is 0 Å². The number of hydrogen-bond acceptors (Lipinski definition) is 5. The molecular formula is C16H11BrIN5O2S. The fraction of sp³-hybridized carbons (Fsp3) is 0.125. The highest BCUT2D eigenvalue weighted by atomic mass is 127. The van der Waals surface area contributed by atoms with Gasteiger partial charge in [-0.1, -0.05) is 6.07 Å². The van der Waals surface area contributed by atoms with Crippen LogP contribution in [0.4, 0.5) is 0 Å². The van der Waals surface area contributed by atoms with Crippen LogP contribution in [0.2, 0.25) is 0 Å². The molecule has 0 bridgehead atoms. The molecule has 10 heteroatoms. The molecular weight excluding hydrogens is 533 g/mol. The van der Waals surface area contributed by atoms with E-state index in [9.17, 15) is 9.59 Å². The standard InChI is InChI=1S/C16H11BrIN5O2S/c1-8(24)23-12-5-9(3-4-10(12)16(25)21(23)2)11-7-22(26-18)15-14(11)20-13(17)6-19-15/h3-7H,1-2H3. The summed E-state index contributed by atoms with van der Waals surface area (Å²) >= 11 is 5.55. The van der Waals surface area contributed by atoms with Crippen molar-refractivity contribution in [2.45, 2.75) is 6.92 Å². The molecule has 0 saturated heterocycles. The number of aromatic nitrogens is 5. The Bertz CT molecular complexity index is 1260. The molecule has 0 aliphatic heterocycles. The number of halogens is 2. The molecule has 0 unspecified atom stereocenters. The summed E-state index contributed by atoms with van der Waals surface area (Å²) in [5, 5.41) is 0.505. The van der Waals surface area contributed by atoms with E-state index in [-0.39, 0.29) is 11.5 Å². The van der Waals surface area contributed by atoms with Crippen LogP contribution in [-0.4, -0.2) is 29.2 Å². The van der Waals surface area contributed by atoms with Crippen molar-refractivity contribution in [1.29, 1.82) is 0 Å². The van der Waals surface area contributed by atoms with Gasteiger partial charge in [0.05, 0.1) is 17.1 Å². The van der Waals surface area contributed by atoms with Crippen LogP contribution in [0, 0.1) is 0 Å². The first kappa shape index (κ1) is 17.7. The Morgan fingerprint density at radius 2 is 2.12 bits per heavy atom. The topological polar surface area (TPSA) is 74.7 Å². The van der Waals surface area contributed by atoms with E-state index in [2.05, 4.69) is 47.1 Å². The Balaban J connectivity index is 2.05. The van der Waals surface area contributed by atoms with Crippen LogP contribution in [0.15, 0.2) is 40.0 Å². The van der Waals surface area contributed by atoms with Gasteiger partial charge in [0.2, 0.25) is 5.91 Å².